The molecular weight excluding hydrogens is 854 g/mol. The average Bonchev–Trinajstić information content (AvgIpc) is 2.99. The molecule has 0 aliphatic carbocycles. The molecule has 2 rings (SSSR count). The predicted molar refractivity (Wildman–Crippen MR) is 209 cm³/mol. The second-order valence-corrected chi connectivity index (χ2v) is 16.6. The minimum absolute atomic E-state index is 0. The van der Waals surface area contributed by atoms with E-state index in [4.69, 9.17) is 18.9 Å². The van der Waals surface area contributed by atoms with E-state index in [9.17, 15) is 46.8 Å². The minimum atomic E-state index is -3.34. The van der Waals surface area contributed by atoms with Gasteiger partial charge in [-0.1, -0.05) is 13.3 Å². The van der Waals surface area contributed by atoms with Gasteiger partial charge in [-0.3, -0.25) is 0 Å². The van der Waals surface area contributed by atoms with Crippen LogP contribution in [0, 0.1) is 6.92 Å². The molecule has 328 valence electrons. The quantitative estimate of drug-likeness (QED) is 0.140. The van der Waals surface area contributed by atoms with E-state index in [0.29, 0.717) is 14.3 Å². The Morgan fingerprint density at radius 2 is 0.966 bits per heavy atom. The predicted octanol–water partition coefficient (Wildman–Crippen LogP) is 5.79. The molecule has 0 aliphatic rings. The van der Waals surface area contributed by atoms with Gasteiger partial charge in [-0.2, -0.15) is 33.8 Å². The fourth-order valence-corrected chi connectivity index (χ4v) is 3.74. The van der Waals surface area contributed by atoms with Crippen molar-refractivity contribution in [1.82, 2.24) is 9.97 Å². The molecule has 2 heterocycles. The van der Waals surface area contributed by atoms with Crippen molar-refractivity contribution in [2.45, 2.75) is 138 Å². The Morgan fingerprint density at radius 3 is 1.22 bits per heavy atom. The van der Waals surface area contributed by atoms with E-state index in [1.165, 1.54) is 54.2 Å². The van der Waals surface area contributed by atoms with Crippen LogP contribution in [-0.4, -0.2) is 87.1 Å². The van der Waals surface area contributed by atoms with Crippen molar-refractivity contribution in [2.24, 2.45) is 0 Å². The third-order valence-corrected chi connectivity index (χ3v) is 5.90. The Kier molecular flexibility index (Phi) is 23.7. The van der Waals surface area contributed by atoms with E-state index in [2.05, 4.69) is 49.2 Å². The zero-order valence-corrected chi connectivity index (χ0v) is 37.4. The number of amides is 4. The fourth-order valence-electron chi connectivity index (χ4n) is 3.43. The third kappa shape index (κ3) is 23.5. The maximum Gasteiger partial charge on any atom is 1.00 e. The molecular formula is C36H53BBrF4LiN4O12. The van der Waals surface area contributed by atoms with Gasteiger partial charge in [0.25, 0.3) is 0 Å². The number of imide groups is 2. The molecule has 59 heavy (non-hydrogen) atoms. The summed E-state index contributed by atoms with van der Waals surface area (Å²) in [5.41, 5.74) is -4.25. The van der Waals surface area contributed by atoms with Crippen molar-refractivity contribution in [2.75, 3.05) is 9.80 Å². The first-order chi connectivity index (χ1) is 26.2. The number of anilines is 2. The number of hydrogen-bond donors (Lipinski definition) is 2. The van der Waals surface area contributed by atoms with Crippen molar-refractivity contribution in [3.8, 4) is 11.5 Å². The second kappa shape index (κ2) is 24.4. The SMILES string of the molecule is CC(C)(C)OC(=O)N(C(=O)OC(C)(C)C)c1ncc(B(O)O)cc1OC(F)F.CC(C)(C)OC(=O)N(C(=O)OC(C)(C)C)c1ncc(Br)cc1OC(F)F.[CH2-]CCC.[Li+]. The summed E-state index contributed by atoms with van der Waals surface area (Å²) in [6.07, 6.45) is -0.396. The number of carbonyl (C=O) groups is 4. The number of hydrogen-bond acceptors (Lipinski definition) is 14. The topological polar surface area (TPSA) is 196 Å². The minimum Gasteiger partial charge on any atom is -0.443 e. The van der Waals surface area contributed by atoms with Crippen LogP contribution < -0.4 is 43.6 Å². The van der Waals surface area contributed by atoms with Crippen molar-refractivity contribution in [3.63, 3.8) is 0 Å². The van der Waals surface area contributed by atoms with Gasteiger partial charge in [0.1, 0.15) is 22.4 Å². The van der Waals surface area contributed by atoms with Gasteiger partial charge in [0.15, 0.2) is 23.1 Å². The molecule has 0 spiro atoms. The van der Waals surface area contributed by atoms with Crippen LogP contribution in [0.3, 0.4) is 0 Å². The molecule has 0 aromatic carbocycles. The third-order valence-electron chi connectivity index (χ3n) is 5.47. The first-order valence-electron chi connectivity index (χ1n) is 17.4. The van der Waals surface area contributed by atoms with E-state index in [1.54, 1.807) is 41.5 Å². The Morgan fingerprint density at radius 1 is 0.678 bits per heavy atom. The first-order valence-corrected chi connectivity index (χ1v) is 18.2. The number of rotatable bonds is 8. The van der Waals surface area contributed by atoms with Crippen LogP contribution in [-0.2, 0) is 18.9 Å². The molecule has 0 saturated heterocycles. The normalized spacial score (nSPS) is 11.4. The molecule has 0 aliphatic heterocycles. The summed E-state index contributed by atoms with van der Waals surface area (Å²) in [4.78, 5) is 58.4. The number of pyridine rings is 2. The van der Waals surface area contributed by atoms with Crippen molar-refractivity contribution in [3.05, 3.63) is 35.9 Å². The summed E-state index contributed by atoms with van der Waals surface area (Å²) in [5.74, 6) is -2.38. The second-order valence-electron chi connectivity index (χ2n) is 15.6. The summed E-state index contributed by atoms with van der Waals surface area (Å²) in [5, 5.41) is 18.4. The Balaban J connectivity index is 0. The van der Waals surface area contributed by atoms with E-state index < -0.39 is 90.3 Å². The standard InChI is InChI=1S/C16H23BF2N2O7.C16H21BrF2N2O5.C4H9.Li/c1-15(2,3)27-13(22)21(14(23)28-16(4,5)6)11-10(26-12(18)19)7-9(8-20-11)17(24)25;1-15(2,3)25-13(22)21(14(23)26-16(4,5)6)11-10(24-12(18)19)7-9(17)8-20-11;1-3-4-2;/h7-8,12,24-25H,1-6H3;7-8,12H,1-6H3;1,3-4H2,2H3;/q;;-1;+1. The number of halogens is 5. The van der Waals surface area contributed by atoms with Crippen LogP contribution in [0.15, 0.2) is 29.0 Å². The van der Waals surface area contributed by atoms with Crippen LogP contribution in [0.5, 0.6) is 11.5 Å². The van der Waals surface area contributed by atoms with E-state index in [1.807, 2.05) is 0 Å². The van der Waals surface area contributed by atoms with Crippen LogP contribution >= 0.6 is 15.9 Å². The van der Waals surface area contributed by atoms with Crippen molar-refractivity contribution in [1.29, 1.82) is 0 Å². The average molecular weight is 907 g/mol. The van der Waals surface area contributed by atoms with E-state index >= 15 is 0 Å². The van der Waals surface area contributed by atoms with E-state index in [0.717, 1.165) is 24.8 Å². The first kappa shape index (κ1) is 57.3. The van der Waals surface area contributed by atoms with Gasteiger partial charge in [-0.25, -0.2) is 29.1 Å². The zero-order chi connectivity index (χ0) is 45.6. The number of unbranched alkanes of at least 4 members (excludes halogenated alkanes) is 1. The Labute approximate surface area is 363 Å². The van der Waals surface area contributed by atoms with Gasteiger partial charge in [0.2, 0.25) is 0 Å². The molecule has 0 unspecified atom stereocenters. The summed E-state index contributed by atoms with van der Waals surface area (Å²) < 4.78 is 80.7. The smallest absolute Gasteiger partial charge is 0.443 e. The van der Waals surface area contributed by atoms with Gasteiger partial charge >= 0.3 is 63.6 Å². The number of aromatic nitrogens is 2. The molecule has 4 amide bonds. The van der Waals surface area contributed by atoms with Crippen molar-refractivity contribution >= 4 is 64.5 Å². The maximum atomic E-state index is 12.8. The molecule has 0 radical (unpaired) electrons. The molecule has 0 atom stereocenters. The van der Waals surface area contributed by atoms with Gasteiger partial charge < -0.3 is 45.4 Å². The molecule has 0 saturated carbocycles. The zero-order valence-electron chi connectivity index (χ0n) is 35.8. The van der Waals surface area contributed by atoms with Gasteiger partial charge in [0.05, 0.1) is 0 Å². The molecule has 2 N–H and O–H groups in total. The number of nitrogens with zero attached hydrogens (tertiary/aromatic N) is 4. The van der Waals surface area contributed by atoms with Crippen LogP contribution in [0.4, 0.5) is 48.4 Å². The summed E-state index contributed by atoms with van der Waals surface area (Å²) in [7, 11) is -2.04. The Hall–Kier alpha value is -3.84. The summed E-state index contributed by atoms with van der Waals surface area (Å²) in [6.45, 7) is 17.9. The molecule has 0 bridgehead atoms. The molecule has 0 fully saturated rings. The van der Waals surface area contributed by atoms with E-state index in [-0.39, 0.29) is 24.3 Å². The largest absolute Gasteiger partial charge is 1.00 e. The monoisotopic (exact) mass is 906 g/mol. The number of alkyl halides is 4. The van der Waals surface area contributed by atoms with Gasteiger partial charge in [-0.15, -0.1) is 0 Å². The van der Waals surface area contributed by atoms with Crippen LogP contribution in [0.25, 0.3) is 0 Å². The fraction of sp³-hybridized carbons (Fsp3) is 0.583. The molecule has 2 aromatic heterocycles. The van der Waals surface area contributed by atoms with Crippen LogP contribution in [0.1, 0.15) is 103 Å². The van der Waals surface area contributed by atoms with Gasteiger partial charge in [0, 0.05) is 28.4 Å². The number of carbonyl (C=O) groups excluding carboxylic acids is 4. The molecule has 16 nitrogen and oxygen atoms in total. The number of ether oxygens (including phenoxy) is 6. The Bertz CT molecular complexity index is 1610. The summed E-state index contributed by atoms with van der Waals surface area (Å²) in [6, 6.07) is 1.96. The van der Waals surface area contributed by atoms with Crippen LogP contribution in [0.2, 0.25) is 0 Å². The van der Waals surface area contributed by atoms with Crippen molar-refractivity contribution < 1.29 is 94.1 Å². The van der Waals surface area contributed by atoms with Gasteiger partial charge in [-0.05, 0) is 105 Å². The molecule has 2 aromatic rings. The summed E-state index contributed by atoms with van der Waals surface area (Å²) >= 11 is 3.07. The molecule has 23 heteroatoms. The maximum absolute atomic E-state index is 12.8.